The minimum atomic E-state index is -5.08. The fraction of sp³-hybridized carbons (Fsp3) is 0.550. The highest BCUT2D eigenvalue weighted by Gasteiger charge is 2.43. The number of nitrogens with zero attached hydrogens (tertiary/aromatic N) is 2. The maximum absolute atomic E-state index is 12.2. The van der Waals surface area contributed by atoms with Gasteiger partial charge < -0.3 is 15.2 Å². The fourth-order valence-electron chi connectivity index (χ4n) is 3.78. The lowest BCUT2D eigenvalue weighted by Gasteiger charge is -2.38. The summed E-state index contributed by atoms with van der Waals surface area (Å²) in [5, 5.41) is 15.5. The van der Waals surface area contributed by atoms with E-state index in [4.69, 9.17) is 14.6 Å². The molecule has 0 radical (unpaired) electrons. The predicted molar refractivity (Wildman–Crippen MR) is 114 cm³/mol. The Bertz CT molecular complexity index is 910. The zero-order valence-electron chi connectivity index (χ0n) is 17.4. The van der Waals surface area contributed by atoms with Gasteiger partial charge in [-0.05, 0) is 37.6 Å². The van der Waals surface area contributed by atoms with E-state index in [0.717, 1.165) is 48.8 Å². The Morgan fingerprint density at radius 3 is 2.56 bits per heavy atom. The van der Waals surface area contributed by atoms with Gasteiger partial charge in [0.05, 0.1) is 33.8 Å². The Labute approximate surface area is 191 Å². The lowest BCUT2D eigenvalue weighted by atomic mass is 9.87. The largest absolute Gasteiger partial charge is 0.490 e. The molecule has 4 heterocycles. The topological polar surface area (TPSA) is 91.8 Å². The number of carbonyl (C=O) groups is 2. The molecular formula is C20H24F3N3O4S2. The number of aliphatic carboxylic acids is 1. The molecule has 1 spiro atoms. The monoisotopic (exact) mass is 491 g/mol. The molecule has 4 rings (SSSR count). The van der Waals surface area contributed by atoms with Crippen molar-refractivity contribution in [2.45, 2.75) is 50.6 Å². The quantitative estimate of drug-likeness (QED) is 0.678. The van der Waals surface area contributed by atoms with Crippen molar-refractivity contribution in [1.29, 1.82) is 0 Å². The van der Waals surface area contributed by atoms with Crippen LogP contribution in [0.1, 0.15) is 39.6 Å². The van der Waals surface area contributed by atoms with Crippen LogP contribution in [0.2, 0.25) is 0 Å². The summed E-state index contributed by atoms with van der Waals surface area (Å²) >= 11 is 3.19. The molecule has 2 aromatic heterocycles. The van der Waals surface area contributed by atoms with Crippen LogP contribution in [0.25, 0.3) is 0 Å². The molecule has 2 aromatic rings. The number of carboxylic acids is 1. The van der Waals surface area contributed by atoms with E-state index >= 15 is 0 Å². The number of amides is 1. The van der Waals surface area contributed by atoms with E-state index < -0.39 is 12.1 Å². The Morgan fingerprint density at radius 2 is 2.03 bits per heavy atom. The summed E-state index contributed by atoms with van der Waals surface area (Å²) in [7, 11) is 0. The number of alkyl halides is 3. The Morgan fingerprint density at radius 1 is 1.34 bits per heavy atom. The van der Waals surface area contributed by atoms with E-state index in [2.05, 4.69) is 27.5 Å². The molecule has 0 aromatic carbocycles. The number of hydrogen-bond donors (Lipinski definition) is 2. The normalized spacial score (nSPS) is 20.6. The van der Waals surface area contributed by atoms with Crippen LogP contribution in [0, 0.1) is 6.92 Å². The van der Waals surface area contributed by atoms with Crippen molar-refractivity contribution in [1.82, 2.24) is 15.2 Å². The standard InChI is InChI=1S/C18H23N3O2S2.C2HF3O2/c1-13-19-15(12-25-13)10-21-6-4-18(5-7-21)9-14(11-23-18)20-17(22)16-3-2-8-24-16;3-2(4,5)1(6)7/h2-3,8,12,14H,4-7,9-11H2,1H3,(H,20,22);(H,6,7). The second-order valence-electron chi connectivity index (χ2n) is 7.78. The summed E-state index contributed by atoms with van der Waals surface area (Å²) in [4.78, 5) is 28.9. The Balaban J connectivity index is 0.000000360. The third-order valence-electron chi connectivity index (χ3n) is 5.35. The molecule has 2 N–H and O–H groups in total. The van der Waals surface area contributed by atoms with Gasteiger partial charge in [-0.15, -0.1) is 22.7 Å². The van der Waals surface area contributed by atoms with Crippen molar-refractivity contribution in [3.05, 3.63) is 38.5 Å². The lowest BCUT2D eigenvalue weighted by Crippen LogP contribution is -2.44. The molecule has 1 unspecified atom stereocenters. The van der Waals surface area contributed by atoms with Crippen LogP contribution in [0.4, 0.5) is 13.2 Å². The molecule has 7 nitrogen and oxygen atoms in total. The number of carboxylic acid groups (broad SMARTS) is 1. The first kappa shape index (κ1) is 24.6. The second-order valence-corrected chi connectivity index (χ2v) is 9.79. The SMILES string of the molecule is Cc1nc(CN2CCC3(CC2)CC(NC(=O)c2cccs2)CO3)cs1.O=C(O)C(F)(F)F. The highest BCUT2D eigenvalue weighted by atomic mass is 32.1. The first-order valence-corrected chi connectivity index (χ1v) is 11.7. The van der Waals surface area contributed by atoms with Gasteiger partial charge in [0, 0.05) is 25.0 Å². The number of nitrogens with one attached hydrogen (secondary N) is 1. The summed E-state index contributed by atoms with van der Waals surface area (Å²) in [5.41, 5.74) is 1.12. The Hall–Kier alpha value is -2.02. The summed E-state index contributed by atoms with van der Waals surface area (Å²) in [6, 6.07) is 3.90. The highest BCUT2D eigenvalue weighted by Crippen LogP contribution is 2.36. The molecule has 32 heavy (non-hydrogen) atoms. The number of halogens is 3. The van der Waals surface area contributed by atoms with Gasteiger partial charge in [0.2, 0.25) is 0 Å². The van der Waals surface area contributed by atoms with Crippen molar-refractivity contribution in [3.8, 4) is 0 Å². The van der Waals surface area contributed by atoms with E-state index in [-0.39, 0.29) is 17.6 Å². The van der Waals surface area contributed by atoms with Crippen LogP contribution in [-0.2, 0) is 16.1 Å². The summed E-state index contributed by atoms with van der Waals surface area (Å²) in [6.07, 6.45) is -2.10. The number of likely N-dealkylation sites (tertiary alicyclic amines) is 1. The summed E-state index contributed by atoms with van der Waals surface area (Å²) < 4.78 is 37.9. The molecule has 1 amide bonds. The Kier molecular flexibility index (Phi) is 7.91. The van der Waals surface area contributed by atoms with Gasteiger partial charge in [-0.2, -0.15) is 13.2 Å². The summed E-state index contributed by atoms with van der Waals surface area (Å²) in [6.45, 7) is 5.67. The molecule has 176 valence electrons. The molecule has 0 bridgehead atoms. The van der Waals surface area contributed by atoms with Crippen molar-refractivity contribution in [3.63, 3.8) is 0 Å². The fourth-order valence-corrected chi connectivity index (χ4v) is 5.01. The zero-order chi connectivity index (χ0) is 23.4. The molecule has 2 aliphatic heterocycles. The number of thiazole rings is 1. The molecule has 2 aliphatic rings. The van der Waals surface area contributed by atoms with Crippen LogP contribution >= 0.6 is 22.7 Å². The van der Waals surface area contributed by atoms with Crippen LogP contribution in [0.3, 0.4) is 0 Å². The highest BCUT2D eigenvalue weighted by molar-refractivity contribution is 7.12. The van der Waals surface area contributed by atoms with Gasteiger partial charge in [0.15, 0.2) is 0 Å². The van der Waals surface area contributed by atoms with Gasteiger partial charge in [0.25, 0.3) is 5.91 Å². The van der Waals surface area contributed by atoms with Crippen LogP contribution in [0.15, 0.2) is 22.9 Å². The van der Waals surface area contributed by atoms with E-state index in [9.17, 15) is 18.0 Å². The van der Waals surface area contributed by atoms with Crippen molar-refractivity contribution in [2.75, 3.05) is 19.7 Å². The van der Waals surface area contributed by atoms with E-state index in [1.54, 1.807) is 11.3 Å². The van der Waals surface area contributed by atoms with E-state index in [1.165, 1.54) is 17.0 Å². The number of hydrogen-bond acceptors (Lipinski definition) is 7. The van der Waals surface area contributed by atoms with Crippen molar-refractivity contribution >= 4 is 34.6 Å². The third kappa shape index (κ3) is 6.74. The van der Waals surface area contributed by atoms with E-state index in [0.29, 0.717) is 6.61 Å². The minimum Gasteiger partial charge on any atom is -0.475 e. The van der Waals surface area contributed by atoms with Gasteiger partial charge >= 0.3 is 12.1 Å². The molecule has 2 fully saturated rings. The smallest absolute Gasteiger partial charge is 0.475 e. The van der Waals surface area contributed by atoms with Gasteiger partial charge in [-0.1, -0.05) is 6.07 Å². The molecule has 0 aliphatic carbocycles. The number of carbonyl (C=O) groups excluding carboxylic acids is 1. The average molecular weight is 492 g/mol. The van der Waals surface area contributed by atoms with Gasteiger partial charge in [-0.3, -0.25) is 9.69 Å². The lowest BCUT2D eigenvalue weighted by molar-refractivity contribution is -0.192. The maximum Gasteiger partial charge on any atom is 0.490 e. The van der Waals surface area contributed by atoms with Gasteiger partial charge in [-0.25, -0.2) is 9.78 Å². The minimum absolute atomic E-state index is 0.0250. The van der Waals surface area contributed by atoms with Crippen LogP contribution in [0.5, 0.6) is 0 Å². The first-order chi connectivity index (χ1) is 15.1. The number of rotatable bonds is 4. The van der Waals surface area contributed by atoms with Gasteiger partial charge in [0.1, 0.15) is 0 Å². The zero-order valence-corrected chi connectivity index (χ0v) is 19.0. The predicted octanol–water partition coefficient (Wildman–Crippen LogP) is 3.70. The van der Waals surface area contributed by atoms with Crippen LogP contribution < -0.4 is 5.32 Å². The number of thiophene rings is 1. The van der Waals surface area contributed by atoms with E-state index in [1.807, 2.05) is 17.5 Å². The molecule has 0 saturated carbocycles. The molecule has 1 atom stereocenters. The summed E-state index contributed by atoms with van der Waals surface area (Å²) in [5.74, 6) is -2.73. The maximum atomic E-state index is 12.2. The number of piperidine rings is 1. The molecule has 2 saturated heterocycles. The molecule has 12 heteroatoms. The van der Waals surface area contributed by atoms with Crippen molar-refractivity contribution in [2.24, 2.45) is 0 Å². The number of ether oxygens (including phenoxy) is 1. The number of aryl methyl sites for hydroxylation is 1. The third-order valence-corrected chi connectivity index (χ3v) is 7.04. The molecular weight excluding hydrogens is 467 g/mol. The second kappa shape index (κ2) is 10.3. The van der Waals surface area contributed by atoms with Crippen LogP contribution in [-0.4, -0.2) is 64.4 Å². The number of aromatic nitrogens is 1. The average Bonchev–Trinajstić information content (AvgIpc) is 3.46. The first-order valence-electron chi connectivity index (χ1n) is 9.98. The van der Waals surface area contributed by atoms with Crippen molar-refractivity contribution < 1.29 is 32.6 Å².